The van der Waals surface area contributed by atoms with Crippen LogP contribution >= 0.6 is 0 Å². The number of imidazole rings is 1. The Hall–Kier alpha value is -3.36. The summed E-state index contributed by atoms with van der Waals surface area (Å²) in [6, 6.07) is 6.25. The lowest BCUT2D eigenvalue weighted by Gasteiger charge is -2.15. The molecule has 9 nitrogen and oxygen atoms in total. The summed E-state index contributed by atoms with van der Waals surface area (Å²) in [5.41, 5.74) is 0.0378. The minimum atomic E-state index is -0.712. The lowest BCUT2D eigenvalue weighted by Crippen LogP contribution is -2.38. The number of carbonyl (C=O) groups excluding carboxylic acids is 1. The van der Waals surface area contributed by atoms with Gasteiger partial charge in [-0.25, -0.2) is 9.78 Å². The van der Waals surface area contributed by atoms with E-state index in [4.69, 9.17) is 4.74 Å². The Labute approximate surface area is 148 Å². The zero-order valence-electron chi connectivity index (χ0n) is 14.9. The van der Waals surface area contributed by atoms with Crippen molar-refractivity contribution < 1.29 is 9.53 Å². The van der Waals surface area contributed by atoms with Crippen LogP contribution in [0.25, 0.3) is 11.2 Å². The summed E-state index contributed by atoms with van der Waals surface area (Å²) < 4.78 is 8.87. The molecule has 3 aromatic rings. The van der Waals surface area contributed by atoms with Crippen molar-refractivity contribution in [2.24, 2.45) is 14.1 Å². The van der Waals surface area contributed by atoms with Crippen molar-refractivity contribution in [2.75, 3.05) is 12.4 Å². The molecule has 1 aromatic carbocycles. The molecule has 0 unspecified atom stereocenters. The quantitative estimate of drug-likeness (QED) is 0.739. The largest absolute Gasteiger partial charge is 0.497 e. The first kappa shape index (κ1) is 17.5. The first-order valence-corrected chi connectivity index (χ1v) is 7.92. The molecule has 1 amide bonds. The summed E-state index contributed by atoms with van der Waals surface area (Å²) in [4.78, 5) is 41.3. The van der Waals surface area contributed by atoms with Crippen LogP contribution in [0.2, 0.25) is 0 Å². The van der Waals surface area contributed by atoms with Crippen LogP contribution in [0, 0.1) is 0 Å². The summed E-state index contributed by atoms with van der Waals surface area (Å²) in [5, 5.41) is 2.78. The number of anilines is 1. The summed E-state index contributed by atoms with van der Waals surface area (Å²) >= 11 is 0. The first-order valence-electron chi connectivity index (χ1n) is 7.92. The fourth-order valence-electron chi connectivity index (χ4n) is 2.73. The van der Waals surface area contributed by atoms with E-state index in [1.54, 1.807) is 38.3 Å². The average Bonchev–Trinajstić information content (AvgIpc) is 3.09. The number of ether oxygens (including phenoxy) is 1. The van der Waals surface area contributed by atoms with Gasteiger partial charge in [0, 0.05) is 25.8 Å². The Morgan fingerprint density at radius 1 is 1.23 bits per heavy atom. The second-order valence-corrected chi connectivity index (χ2v) is 5.93. The van der Waals surface area contributed by atoms with Crippen molar-refractivity contribution in [3.05, 3.63) is 51.4 Å². The fourth-order valence-corrected chi connectivity index (χ4v) is 2.73. The van der Waals surface area contributed by atoms with Crippen LogP contribution in [0.4, 0.5) is 5.69 Å². The second kappa shape index (κ2) is 6.51. The lowest BCUT2D eigenvalue weighted by atomic mass is 10.2. The van der Waals surface area contributed by atoms with E-state index in [2.05, 4.69) is 10.3 Å². The number of aromatic nitrogens is 4. The number of rotatable bonds is 4. The minimum Gasteiger partial charge on any atom is -0.497 e. The molecule has 3 rings (SSSR count). The van der Waals surface area contributed by atoms with Gasteiger partial charge in [0.05, 0.1) is 13.4 Å². The third-order valence-corrected chi connectivity index (χ3v) is 4.31. The molecule has 0 saturated heterocycles. The molecule has 0 spiro atoms. The monoisotopic (exact) mass is 357 g/mol. The summed E-state index contributed by atoms with van der Waals surface area (Å²) in [7, 11) is 4.46. The van der Waals surface area contributed by atoms with Crippen LogP contribution in [-0.4, -0.2) is 31.7 Å². The molecule has 2 aromatic heterocycles. The Bertz CT molecular complexity index is 1110. The Kier molecular flexibility index (Phi) is 4.37. The van der Waals surface area contributed by atoms with E-state index in [0.717, 1.165) is 4.57 Å². The van der Waals surface area contributed by atoms with Crippen molar-refractivity contribution in [1.29, 1.82) is 0 Å². The van der Waals surface area contributed by atoms with Crippen molar-refractivity contribution in [2.45, 2.75) is 13.0 Å². The Morgan fingerprint density at radius 2 is 1.96 bits per heavy atom. The standard InChI is InChI=1S/C17H19N5O4/c1-10(15(23)19-11-6-5-7-12(8-11)26-4)22-9-18-14-13(22)16(24)21(3)17(25)20(14)2/h5-10H,1-4H3,(H,19,23)/t10-/m1/s1. The number of nitrogens with one attached hydrogen (secondary N) is 1. The zero-order valence-corrected chi connectivity index (χ0v) is 14.9. The number of benzene rings is 1. The number of hydrogen-bond donors (Lipinski definition) is 1. The van der Waals surface area contributed by atoms with Gasteiger partial charge in [-0.2, -0.15) is 0 Å². The van der Waals surface area contributed by atoms with Gasteiger partial charge in [0.1, 0.15) is 11.8 Å². The third kappa shape index (κ3) is 2.77. The molecule has 1 N–H and O–H groups in total. The van der Waals surface area contributed by atoms with Crippen molar-refractivity contribution >= 4 is 22.8 Å². The molecule has 0 fully saturated rings. The van der Waals surface area contributed by atoms with Gasteiger partial charge < -0.3 is 14.6 Å². The van der Waals surface area contributed by atoms with Gasteiger partial charge in [-0.3, -0.25) is 18.7 Å². The number of fused-ring (bicyclic) bond motifs is 1. The predicted molar refractivity (Wildman–Crippen MR) is 96.5 cm³/mol. The smallest absolute Gasteiger partial charge is 0.332 e. The van der Waals surface area contributed by atoms with Gasteiger partial charge in [0.25, 0.3) is 5.56 Å². The molecular formula is C17H19N5O4. The average molecular weight is 357 g/mol. The molecule has 26 heavy (non-hydrogen) atoms. The number of methoxy groups -OCH3 is 1. The van der Waals surface area contributed by atoms with Crippen molar-refractivity contribution in [1.82, 2.24) is 18.7 Å². The highest BCUT2D eigenvalue weighted by molar-refractivity contribution is 5.94. The van der Waals surface area contributed by atoms with E-state index in [0.29, 0.717) is 11.4 Å². The van der Waals surface area contributed by atoms with E-state index in [1.807, 2.05) is 0 Å². The SMILES string of the molecule is COc1cccc(NC(=O)[C@@H](C)n2cnc3c2c(=O)n(C)c(=O)n3C)c1. The van der Waals surface area contributed by atoms with Gasteiger partial charge in [0.2, 0.25) is 5.91 Å². The highest BCUT2D eigenvalue weighted by Gasteiger charge is 2.22. The molecule has 0 aliphatic rings. The molecule has 2 heterocycles. The van der Waals surface area contributed by atoms with Crippen LogP contribution in [0.5, 0.6) is 5.75 Å². The molecular weight excluding hydrogens is 338 g/mol. The van der Waals surface area contributed by atoms with Gasteiger partial charge in [-0.1, -0.05) is 6.07 Å². The second-order valence-electron chi connectivity index (χ2n) is 5.93. The van der Waals surface area contributed by atoms with Crippen molar-refractivity contribution in [3.63, 3.8) is 0 Å². The maximum absolute atomic E-state index is 12.6. The van der Waals surface area contributed by atoms with Crippen LogP contribution < -0.4 is 21.3 Å². The molecule has 0 saturated carbocycles. The van der Waals surface area contributed by atoms with Gasteiger partial charge in [0.15, 0.2) is 11.2 Å². The molecule has 0 radical (unpaired) electrons. The number of amides is 1. The Morgan fingerprint density at radius 3 is 2.65 bits per heavy atom. The molecule has 1 atom stereocenters. The van der Waals surface area contributed by atoms with Crippen molar-refractivity contribution in [3.8, 4) is 5.75 Å². The van der Waals surface area contributed by atoms with Crippen LogP contribution in [0.15, 0.2) is 40.2 Å². The summed E-state index contributed by atoms with van der Waals surface area (Å²) in [6.07, 6.45) is 1.39. The lowest BCUT2D eigenvalue weighted by molar-refractivity contribution is -0.118. The van der Waals surface area contributed by atoms with E-state index in [-0.39, 0.29) is 17.1 Å². The van der Waals surface area contributed by atoms with Gasteiger partial charge in [-0.15, -0.1) is 0 Å². The predicted octanol–water partition coefficient (Wildman–Crippen LogP) is 0.642. The topological polar surface area (TPSA) is 100 Å². The van der Waals surface area contributed by atoms with Crippen LogP contribution in [0.1, 0.15) is 13.0 Å². The van der Waals surface area contributed by atoms with Crippen LogP contribution in [-0.2, 0) is 18.9 Å². The van der Waals surface area contributed by atoms with Gasteiger partial charge in [-0.05, 0) is 19.1 Å². The number of nitrogens with zero attached hydrogens (tertiary/aromatic N) is 4. The third-order valence-electron chi connectivity index (χ3n) is 4.31. The number of hydrogen-bond acceptors (Lipinski definition) is 5. The minimum absolute atomic E-state index is 0.197. The molecule has 9 heteroatoms. The zero-order chi connectivity index (χ0) is 19.0. The first-order chi connectivity index (χ1) is 12.3. The number of carbonyl (C=O) groups is 1. The molecule has 0 bridgehead atoms. The van der Waals surface area contributed by atoms with E-state index < -0.39 is 17.3 Å². The van der Waals surface area contributed by atoms with Crippen LogP contribution in [0.3, 0.4) is 0 Å². The molecule has 0 aliphatic carbocycles. The number of aryl methyl sites for hydroxylation is 1. The normalized spacial score (nSPS) is 12.2. The highest BCUT2D eigenvalue weighted by atomic mass is 16.5. The van der Waals surface area contributed by atoms with Gasteiger partial charge >= 0.3 is 5.69 Å². The van der Waals surface area contributed by atoms with E-state index in [1.165, 1.54) is 29.6 Å². The van der Waals surface area contributed by atoms with E-state index in [9.17, 15) is 14.4 Å². The van der Waals surface area contributed by atoms with E-state index >= 15 is 0 Å². The maximum atomic E-state index is 12.6. The highest BCUT2D eigenvalue weighted by Crippen LogP contribution is 2.19. The maximum Gasteiger partial charge on any atom is 0.332 e. The fraction of sp³-hybridized carbons (Fsp3) is 0.294. The Balaban J connectivity index is 2.00. The summed E-state index contributed by atoms with van der Waals surface area (Å²) in [6.45, 7) is 1.65. The molecule has 136 valence electrons. The molecule has 0 aliphatic heterocycles. The summed E-state index contributed by atoms with van der Waals surface area (Å²) in [5.74, 6) is 0.292.